The van der Waals surface area contributed by atoms with Gasteiger partial charge in [0.15, 0.2) is 0 Å². The van der Waals surface area contributed by atoms with Crippen LogP contribution in [-0.2, 0) is 19.6 Å². The van der Waals surface area contributed by atoms with E-state index in [1.807, 2.05) is 0 Å². The van der Waals surface area contributed by atoms with Crippen molar-refractivity contribution >= 4 is 15.9 Å². The van der Waals surface area contributed by atoms with Crippen LogP contribution in [0.3, 0.4) is 0 Å². The highest BCUT2D eigenvalue weighted by Gasteiger charge is 2.47. The van der Waals surface area contributed by atoms with Gasteiger partial charge in [-0.2, -0.15) is 4.31 Å². The summed E-state index contributed by atoms with van der Waals surface area (Å²) in [6, 6.07) is 3.44. The Morgan fingerprint density at radius 3 is 2.83 bits per heavy atom. The summed E-state index contributed by atoms with van der Waals surface area (Å²) in [5, 5.41) is 3.06. The molecule has 0 radical (unpaired) electrons. The van der Waals surface area contributed by atoms with Crippen molar-refractivity contribution in [2.45, 2.75) is 48.8 Å². The van der Waals surface area contributed by atoms with Gasteiger partial charge < -0.3 is 10.1 Å². The molecule has 1 aliphatic carbocycles. The average Bonchev–Trinajstić information content (AvgIpc) is 2.85. The van der Waals surface area contributed by atoms with E-state index < -0.39 is 10.0 Å². The molecule has 0 aromatic carbocycles. The van der Waals surface area contributed by atoms with Crippen LogP contribution in [0.1, 0.15) is 25.7 Å². The molecule has 24 heavy (non-hydrogen) atoms. The molecular formula is C16H21N3O4S. The lowest BCUT2D eigenvalue weighted by Crippen LogP contribution is -2.49. The molecule has 1 aromatic rings. The first kappa shape index (κ1) is 16.0. The first-order valence-corrected chi connectivity index (χ1v) is 9.84. The largest absolute Gasteiger partial charge is 0.371 e. The second-order valence-corrected chi connectivity index (χ2v) is 8.72. The lowest BCUT2D eigenvalue weighted by molar-refractivity contribution is -0.128. The molecule has 1 amide bonds. The smallest absolute Gasteiger partial charge is 0.244 e. The molecule has 2 bridgehead atoms. The number of aromatic nitrogens is 1. The predicted molar refractivity (Wildman–Crippen MR) is 85.5 cm³/mol. The van der Waals surface area contributed by atoms with Crippen LogP contribution >= 0.6 is 0 Å². The van der Waals surface area contributed by atoms with E-state index in [2.05, 4.69) is 10.3 Å². The van der Waals surface area contributed by atoms with Gasteiger partial charge in [0.2, 0.25) is 15.9 Å². The molecule has 4 rings (SSSR count). The summed E-state index contributed by atoms with van der Waals surface area (Å²) in [5.74, 6) is -0.252. The van der Waals surface area contributed by atoms with Crippen LogP contribution in [0.15, 0.2) is 29.4 Å². The molecule has 2 saturated heterocycles. The number of carbonyl (C=O) groups excluding carboxylic acids is 1. The average molecular weight is 351 g/mol. The lowest BCUT2D eigenvalue weighted by Gasteiger charge is -2.32. The lowest BCUT2D eigenvalue weighted by atomic mass is 9.91. The minimum atomic E-state index is -3.59. The summed E-state index contributed by atoms with van der Waals surface area (Å²) in [7, 11) is -3.59. The summed E-state index contributed by atoms with van der Waals surface area (Å²) < 4.78 is 32.8. The fourth-order valence-electron chi connectivity index (χ4n) is 3.60. The van der Waals surface area contributed by atoms with Crippen molar-refractivity contribution < 1.29 is 17.9 Å². The fourth-order valence-corrected chi connectivity index (χ4v) is 5.05. The topological polar surface area (TPSA) is 88.6 Å². The Morgan fingerprint density at radius 2 is 2.17 bits per heavy atom. The van der Waals surface area contributed by atoms with E-state index >= 15 is 0 Å². The van der Waals surface area contributed by atoms with E-state index in [0.29, 0.717) is 13.0 Å². The molecular weight excluding hydrogens is 330 g/mol. The summed E-state index contributed by atoms with van der Waals surface area (Å²) >= 11 is 0. The summed E-state index contributed by atoms with van der Waals surface area (Å²) in [6.07, 6.45) is 6.14. The molecule has 1 aromatic heterocycles. The number of amides is 1. The number of carbonyl (C=O) groups is 1. The van der Waals surface area contributed by atoms with Crippen molar-refractivity contribution in [2.24, 2.45) is 5.92 Å². The van der Waals surface area contributed by atoms with Gasteiger partial charge in [-0.15, -0.1) is 0 Å². The van der Waals surface area contributed by atoms with Crippen molar-refractivity contribution in [1.82, 2.24) is 14.6 Å². The maximum Gasteiger partial charge on any atom is 0.244 e. The first-order chi connectivity index (χ1) is 11.5. The van der Waals surface area contributed by atoms with E-state index in [4.69, 9.17) is 4.74 Å². The molecule has 0 spiro atoms. The van der Waals surface area contributed by atoms with Gasteiger partial charge in [0.05, 0.1) is 18.1 Å². The van der Waals surface area contributed by atoms with Gasteiger partial charge in [-0.1, -0.05) is 0 Å². The Balaban J connectivity index is 1.47. The minimum absolute atomic E-state index is 0.00725. The van der Waals surface area contributed by atoms with Crippen LogP contribution in [0.5, 0.6) is 0 Å². The Hall–Kier alpha value is -1.51. The van der Waals surface area contributed by atoms with Gasteiger partial charge in [0, 0.05) is 31.5 Å². The van der Waals surface area contributed by atoms with Gasteiger partial charge in [-0.05, 0) is 37.8 Å². The van der Waals surface area contributed by atoms with Gasteiger partial charge in [0.25, 0.3) is 0 Å². The summed E-state index contributed by atoms with van der Waals surface area (Å²) in [4.78, 5) is 16.5. The van der Waals surface area contributed by atoms with E-state index in [-0.39, 0.29) is 41.5 Å². The Bertz CT molecular complexity index is 720. The molecule has 2 aliphatic heterocycles. The number of ether oxygens (including phenoxy) is 1. The number of rotatable bonds is 4. The van der Waals surface area contributed by atoms with Gasteiger partial charge in [0.1, 0.15) is 4.90 Å². The highest BCUT2D eigenvalue weighted by molar-refractivity contribution is 7.89. The molecule has 3 fully saturated rings. The molecule has 130 valence electrons. The van der Waals surface area contributed by atoms with E-state index in [0.717, 1.165) is 19.3 Å². The van der Waals surface area contributed by atoms with E-state index in [1.54, 1.807) is 18.3 Å². The number of fused-ring (bicyclic) bond motifs is 2. The molecule has 8 heteroatoms. The minimum Gasteiger partial charge on any atom is -0.371 e. The molecule has 7 nitrogen and oxygen atoms in total. The molecule has 0 unspecified atom stereocenters. The highest BCUT2D eigenvalue weighted by atomic mass is 32.2. The third-order valence-corrected chi connectivity index (χ3v) is 7.00. The number of nitrogens with one attached hydrogen (secondary N) is 1. The van der Waals surface area contributed by atoms with Crippen LogP contribution in [0.2, 0.25) is 0 Å². The zero-order chi connectivity index (χ0) is 16.7. The van der Waals surface area contributed by atoms with Crippen molar-refractivity contribution in [3.05, 3.63) is 24.5 Å². The molecule has 1 saturated carbocycles. The quantitative estimate of drug-likeness (QED) is 0.855. The molecule has 3 aliphatic rings. The number of sulfonamides is 1. The predicted octanol–water partition coefficient (Wildman–Crippen LogP) is 0.528. The van der Waals surface area contributed by atoms with E-state index in [1.165, 1.54) is 10.5 Å². The van der Waals surface area contributed by atoms with Gasteiger partial charge in [-0.25, -0.2) is 8.42 Å². The van der Waals surface area contributed by atoms with E-state index in [9.17, 15) is 13.2 Å². The molecule has 1 N–H and O–H groups in total. The standard InChI is InChI=1S/C16H21N3O4S/c20-16(18-11-3-1-4-11)14-7-12-9-19(10-15(14)23-12)24(21,22)13-5-2-6-17-8-13/h2,5-6,8,11-12,14-15H,1,3-4,7,9-10H2,(H,18,20)/t12-,14-,15+/m0/s1. The molecule has 3 heterocycles. The van der Waals surface area contributed by atoms with Crippen molar-refractivity contribution in [1.29, 1.82) is 0 Å². The third kappa shape index (κ3) is 2.82. The number of hydrogen-bond donors (Lipinski definition) is 1. The van der Waals surface area contributed by atoms with Crippen molar-refractivity contribution in [3.8, 4) is 0 Å². The Labute approximate surface area is 141 Å². The Morgan fingerprint density at radius 1 is 1.33 bits per heavy atom. The second kappa shape index (κ2) is 6.09. The zero-order valence-electron chi connectivity index (χ0n) is 13.3. The highest BCUT2D eigenvalue weighted by Crippen LogP contribution is 2.34. The number of nitrogens with zero attached hydrogens (tertiary/aromatic N) is 2. The number of hydrogen-bond acceptors (Lipinski definition) is 5. The zero-order valence-corrected chi connectivity index (χ0v) is 14.1. The van der Waals surface area contributed by atoms with Crippen LogP contribution in [0.4, 0.5) is 0 Å². The first-order valence-electron chi connectivity index (χ1n) is 8.40. The summed E-state index contributed by atoms with van der Waals surface area (Å²) in [5.41, 5.74) is 0. The monoisotopic (exact) mass is 351 g/mol. The van der Waals surface area contributed by atoms with Crippen LogP contribution < -0.4 is 5.32 Å². The summed E-state index contributed by atoms with van der Waals surface area (Å²) in [6.45, 7) is 0.511. The second-order valence-electron chi connectivity index (χ2n) is 6.79. The van der Waals surface area contributed by atoms with Crippen LogP contribution in [0, 0.1) is 5.92 Å². The van der Waals surface area contributed by atoms with Gasteiger partial charge >= 0.3 is 0 Å². The maximum absolute atomic E-state index is 12.7. The van der Waals surface area contributed by atoms with Crippen LogP contribution in [-0.4, -0.2) is 55.0 Å². The fraction of sp³-hybridized carbons (Fsp3) is 0.625. The SMILES string of the molecule is O=C(NC1CCC1)[C@H]1C[C@H]2CN(S(=O)(=O)c3cccnc3)C[C@H]1O2. The van der Waals surface area contributed by atoms with Crippen LogP contribution in [0.25, 0.3) is 0 Å². The Kier molecular flexibility index (Phi) is 4.06. The van der Waals surface area contributed by atoms with Gasteiger partial charge in [-0.3, -0.25) is 9.78 Å². The number of morpholine rings is 1. The molecule has 3 atom stereocenters. The third-order valence-electron chi connectivity index (χ3n) is 5.18. The number of pyridine rings is 1. The van der Waals surface area contributed by atoms with Crippen molar-refractivity contribution in [3.63, 3.8) is 0 Å². The normalized spacial score (nSPS) is 30.8. The van der Waals surface area contributed by atoms with Crippen molar-refractivity contribution in [2.75, 3.05) is 13.1 Å². The maximum atomic E-state index is 12.7.